The largest absolute Gasteiger partial charge is 0.384 e. The van der Waals surface area contributed by atoms with Crippen LogP contribution in [0.1, 0.15) is 39.5 Å². The minimum atomic E-state index is 0.703. The Morgan fingerprint density at radius 1 is 1.35 bits per heavy atom. The minimum absolute atomic E-state index is 0.703. The summed E-state index contributed by atoms with van der Waals surface area (Å²) in [5.41, 5.74) is 0. The highest BCUT2D eigenvalue weighted by molar-refractivity contribution is 4.74. The molecule has 3 nitrogen and oxygen atoms in total. The molecule has 1 aliphatic rings. The van der Waals surface area contributed by atoms with E-state index in [1.165, 1.54) is 45.3 Å². The average Bonchev–Trinajstić information content (AvgIpc) is 2.36. The van der Waals surface area contributed by atoms with Crippen LogP contribution in [-0.4, -0.2) is 50.8 Å². The number of methoxy groups -OCH3 is 1. The molecule has 0 radical (unpaired) electrons. The Morgan fingerprint density at radius 2 is 2.12 bits per heavy atom. The van der Waals surface area contributed by atoms with Gasteiger partial charge in [-0.1, -0.05) is 13.8 Å². The van der Waals surface area contributed by atoms with E-state index in [9.17, 15) is 0 Å². The number of ether oxygens (including phenoxy) is 1. The van der Waals surface area contributed by atoms with Crippen molar-refractivity contribution in [1.29, 1.82) is 0 Å². The number of hydrogen-bond acceptors (Lipinski definition) is 3. The topological polar surface area (TPSA) is 24.5 Å². The Kier molecular flexibility index (Phi) is 7.82. The highest BCUT2D eigenvalue weighted by Crippen LogP contribution is 2.15. The van der Waals surface area contributed by atoms with Crippen molar-refractivity contribution in [2.24, 2.45) is 5.92 Å². The Labute approximate surface area is 107 Å². The van der Waals surface area contributed by atoms with Crippen molar-refractivity contribution in [3.8, 4) is 0 Å². The Hall–Kier alpha value is -0.120. The zero-order valence-corrected chi connectivity index (χ0v) is 11.9. The molecule has 1 atom stereocenters. The summed E-state index contributed by atoms with van der Waals surface area (Å²) in [7, 11) is 1.81. The zero-order chi connectivity index (χ0) is 12.5. The summed E-state index contributed by atoms with van der Waals surface area (Å²) in [6, 6.07) is 0.703. The monoisotopic (exact) mass is 242 g/mol. The third-order valence-electron chi connectivity index (χ3n) is 3.85. The van der Waals surface area contributed by atoms with Gasteiger partial charge in [0, 0.05) is 32.8 Å². The maximum atomic E-state index is 5.26. The molecule has 1 unspecified atom stereocenters. The summed E-state index contributed by atoms with van der Waals surface area (Å²) in [5.74, 6) is 0.752. The van der Waals surface area contributed by atoms with Crippen molar-refractivity contribution < 1.29 is 4.74 Å². The van der Waals surface area contributed by atoms with Crippen LogP contribution in [0.5, 0.6) is 0 Å². The van der Waals surface area contributed by atoms with Gasteiger partial charge in [-0.2, -0.15) is 0 Å². The van der Waals surface area contributed by atoms with Gasteiger partial charge in [0.1, 0.15) is 0 Å². The molecular weight excluding hydrogens is 212 g/mol. The maximum Gasteiger partial charge on any atom is 0.0502 e. The number of nitrogens with one attached hydrogen (secondary N) is 1. The molecule has 3 heteroatoms. The molecule has 0 bridgehead atoms. The summed E-state index contributed by atoms with van der Waals surface area (Å²) >= 11 is 0. The lowest BCUT2D eigenvalue weighted by molar-refractivity contribution is 0.0906. The summed E-state index contributed by atoms with van der Waals surface area (Å²) < 4.78 is 5.26. The molecule has 102 valence electrons. The van der Waals surface area contributed by atoms with Crippen molar-refractivity contribution in [3.05, 3.63) is 0 Å². The Balaban J connectivity index is 2.13. The number of nitrogens with zero attached hydrogens (tertiary/aromatic N) is 1. The van der Waals surface area contributed by atoms with E-state index < -0.39 is 0 Å². The van der Waals surface area contributed by atoms with Gasteiger partial charge in [-0.05, 0) is 38.1 Å². The van der Waals surface area contributed by atoms with Gasteiger partial charge in [0.2, 0.25) is 0 Å². The molecule has 1 saturated heterocycles. The quantitative estimate of drug-likeness (QED) is 0.705. The van der Waals surface area contributed by atoms with Crippen molar-refractivity contribution >= 4 is 0 Å². The van der Waals surface area contributed by atoms with Gasteiger partial charge in [0.15, 0.2) is 0 Å². The van der Waals surface area contributed by atoms with Crippen LogP contribution in [-0.2, 0) is 4.74 Å². The second-order valence-corrected chi connectivity index (χ2v) is 5.23. The maximum absolute atomic E-state index is 5.26. The Bertz CT molecular complexity index is 181. The summed E-state index contributed by atoms with van der Waals surface area (Å²) in [5, 5.41) is 3.64. The van der Waals surface area contributed by atoms with Gasteiger partial charge in [0.05, 0.1) is 6.61 Å². The van der Waals surface area contributed by atoms with Gasteiger partial charge in [0.25, 0.3) is 0 Å². The molecular formula is C14H30N2O. The highest BCUT2D eigenvalue weighted by Gasteiger charge is 2.19. The van der Waals surface area contributed by atoms with Gasteiger partial charge >= 0.3 is 0 Å². The second kappa shape index (κ2) is 8.90. The van der Waals surface area contributed by atoms with E-state index in [1.54, 1.807) is 0 Å². The van der Waals surface area contributed by atoms with E-state index in [2.05, 4.69) is 24.1 Å². The Morgan fingerprint density at radius 3 is 2.76 bits per heavy atom. The summed E-state index contributed by atoms with van der Waals surface area (Å²) in [4.78, 5) is 2.59. The smallest absolute Gasteiger partial charge is 0.0502 e. The first-order chi connectivity index (χ1) is 8.30. The molecule has 0 aromatic carbocycles. The molecule has 0 aromatic rings. The molecule has 1 N–H and O–H groups in total. The minimum Gasteiger partial charge on any atom is -0.384 e. The van der Waals surface area contributed by atoms with Crippen LogP contribution in [0, 0.1) is 5.92 Å². The van der Waals surface area contributed by atoms with Crippen LogP contribution < -0.4 is 5.32 Å². The number of piperidine rings is 1. The zero-order valence-electron chi connectivity index (χ0n) is 11.9. The average molecular weight is 242 g/mol. The highest BCUT2D eigenvalue weighted by atomic mass is 16.5. The van der Waals surface area contributed by atoms with Crippen LogP contribution in [0.4, 0.5) is 0 Å². The number of rotatable bonds is 8. The van der Waals surface area contributed by atoms with Gasteiger partial charge in [-0.3, -0.25) is 0 Å². The third-order valence-corrected chi connectivity index (χ3v) is 3.85. The first kappa shape index (κ1) is 14.9. The predicted molar refractivity (Wildman–Crippen MR) is 73.4 cm³/mol. The first-order valence-electron chi connectivity index (χ1n) is 7.24. The summed E-state index contributed by atoms with van der Waals surface area (Å²) in [6.07, 6.45) is 5.15. The molecule has 1 heterocycles. The van der Waals surface area contributed by atoms with E-state index in [4.69, 9.17) is 4.74 Å². The van der Waals surface area contributed by atoms with Crippen LogP contribution in [0.2, 0.25) is 0 Å². The standard InChI is InChI=1S/C14H30N2O/c1-4-14(5-2)15-8-10-16-9-6-7-13(11-16)12-17-3/h13-15H,4-12H2,1-3H3. The normalized spacial score (nSPS) is 22.2. The fourth-order valence-corrected chi connectivity index (χ4v) is 2.73. The van der Waals surface area contributed by atoms with Crippen molar-refractivity contribution in [3.63, 3.8) is 0 Å². The van der Waals surface area contributed by atoms with Crippen molar-refractivity contribution in [2.75, 3.05) is 39.9 Å². The van der Waals surface area contributed by atoms with E-state index >= 15 is 0 Å². The molecule has 1 fully saturated rings. The molecule has 0 spiro atoms. The number of likely N-dealkylation sites (tertiary alicyclic amines) is 1. The van der Waals surface area contributed by atoms with Crippen molar-refractivity contribution in [1.82, 2.24) is 10.2 Å². The number of hydrogen-bond donors (Lipinski definition) is 1. The molecule has 0 saturated carbocycles. The summed E-state index contributed by atoms with van der Waals surface area (Å²) in [6.45, 7) is 10.3. The van der Waals surface area contributed by atoms with E-state index in [1.807, 2.05) is 7.11 Å². The van der Waals surface area contributed by atoms with E-state index in [0.717, 1.165) is 19.1 Å². The van der Waals surface area contributed by atoms with Gasteiger partial charge in [-0.25, -0.2) is 0 Å². The van der Waals surface area contributed by atoms with Gasteiger partial charge < -0.3 is 15.0 Å². The fraction of sp³-hybridized carbons (Fsp3) is 1.00. The lowest BCUT2D eigenvalue weighted by Crippen LogP contribution is -2.42. The van der Waals surface area contributed by atoms with Crippen LogP contribution in [0.15, 0.2) is 0 Å². The molecule has 0 amide bonds. The fourth-order valence-electron chi connectivity index (χ4n) is 2.73. The SMILES string of the molecule is CCC(CC)NCCN1CCCC(COC)C1. The van der Waals surface area contributed by atoms with E-state index in [0.29, 0.717) is 6.04 Å². The molecule has 1 aliphatic heterocycles. The first-order valence-corrected chi connectivity index (χ1v) is 7.24. The van der Waals surface area contributed by atoms with E-state index in [-0.39, 0.29) is 0 Å². The lowest BCUT2D eigenvalue weighted by Gasteiger charge is -2.32. The second-order valence-electron chi connectivity index (χ2n) is 5.23. The molecule has 17 heavy (non-hydrogen) atoms. The van der Waals surface area contributed by atoms with Crippen LogP contribution >= 0.6 is 0 Å². The predicted octanol–water partition coefficient (Wildman–Crippen LogP) is 2.12. The third kappa shape index (κ3) is 5.84. The van der Waals surface area contributed by atoms with Crippen LogP contribution in [0.25, 0.3) is 0 Å². The van der Waals surface area contributed by atoms with Crippen molar-refractivity contribution in [2.45, 2.75) is 45.6 Å². The molecule has 0 aliphatic carbocycles. The molecule has 1 rings (SSSR count). The van der Waals surface area contributed by atoms with Gasteiger partial charge in [-0.15, -0.1) is 0 Å². The van der Waals surface area contributed by atoms with Crippen LogP contribution in [0.3, 0.4) is 0 Å². The lowest BCUT2D eigenvalue weighted by atomic mass is 9.99. The molecule has 0 aromatic heterocycles.